The highest BCUT2D eigenvalue weighted by molar-refractivity contribution is 7.92. The van der Waals surface area contributed by atoms with E-state index in [-0.39, 0.29) is 16.1 Å². The van der Waals surface area contributed by atoms with Crippen molar-refractivity contribution in [3.63, 3.8) is 0 Å². The second-order valence-electron chi connectivity index (χ2n) is 7.54. The van der Waals surface area contributed by atoms with Gasteiger partial charge in [-0.15, -0.1) is 11.3 Å². The minimum atomic E-state index is -3.92. The van der Waals surface area contributed by atoms with Crippen molar-refractivity contribution in [3.8, 4) is 11.3 Å². The Morgan fingerprint density at radius 1 is 0.970 bits per heavy atom. The van der Waals surface area contributed by atoms with Gasteiger partial charge in [0.15, 0.2) is 5.13 Å². The quantitative estimate of drug-likeness (QED) is 0.417. The van der Waals surface area contributed by atoms with Gasteiger partial charge in [0.05, 0.1) is 10.6 Å². The number of benzene rings is 3. The summed E-state index contributed by atoms with van der Waals surface area (Å²) in [5.41, 5.74) is 3.74. The minimum Gasteiger partial charge on any atom is -0.298 e. The van der Waals surface area contributed by atoms with Crippen LogP contribution in [-0.2, 0) is 22.9 Å². The first-order valence-corrected chi connectivity index (χ1v) is 12.5. The highest BCUT2D eigenvalue weighted by atomic mass is 32.2. The maximum atomic E-state index is 13.1. The van der Waals surface area contributed by atoms with E-state index in [4.69, 9.17) is 0 Å². The molecule has 1 heterocycles. The summed E-state index contributed by atoms with van der Waals surface area (Å²) in [4.78, 5) is 18.5. The Labute approximate surface area is 194 Å². The van der Waals surface area contributed by atoms with E-state index in [1.165, 1.54) is 41.2 Å². The van der Waals surface area contributed by atoms with Crippen LogP contribution in [0.4, 0.5) is 15.2 Å². The molecular weight excluding hydrogens is 461 g/mol. The molecule has 9 heteroatoms. The van der Waals surface area contributed by atoms with Crippen LogP contribution in [-0.4, -0.2) is 19.3 Å². The van der Waals surface area contributed by atoms with Crippen LogP contribution in [0.5, 0.6) is 0 Å². The fraction of sp³-hybridized carbons (Fsp3) is 0.0833. The van der Waals surface area contributed by atoms with Gasteiger partial charge in [-0.3, -0.25) is 14.8 Å². The van der Waals surface area contributed by atoms with Crippen LogP contribution in [0.3, 0.4) is 0 Å². The Morgan fingerprint density at radius 2 is 1.76 bits per heavy atom. The monoisotopic (exact) mass is 479 g/mol. The zero-order chi connectivity index (χ0) is 23.0. The number of halogens is 1. The topological polar surface area (TPSA) is 88.2 Å². The molecule has 0 atom stereocenters. The Bertz CT molecular complexity index is 1460. The molecule has 0 radical (unpaired) electrons. The van der Waals surface area contributed by atoms with Gasteiger partial charge in [-0.1, -0.05) is 30.3 Å². The SMILES string of the molecule is O=C(Nc1nc2c(s1)CCc1ccccc1-2)c1cccc(NS(=O)(=O)c2ccc(F)cc2)c1. The molecule has 1 aliphatic carbocycles. The highest BCUT2D eigenvalue weighted by Crippen LogP contribution is 2.38. The smallest absolute Gasteiger partial charge is 0.261 e. The van der Waals surface area contributed by atoms with Crippen LogP contribution in [0.15, 0.2) is 77.7 Å². The number of hydrogen-bond acceptors (Lipinski definition) is 5. The summed E-state index contributed by atoms with van der Waals surface area (Å²) in [7, 11) is -3.92. The number of nitrogens with one attached hydrogen (secondary N) is 2. The predicted molar refractivity (Wildman–Crippen MR) is 127 cm³/mol. The summed E-state index contributed by atoms with van der Waals surface area (Å²) >= 11 is 1.45. The normalized spacial score (nSPS) is 12.5. The van der Waals surface area contributed by atoms with Crippen molar-refractivity contribution in [1.82, 2.24) is 4.98 Å². The van der Waals surface area contributed by atoms with E-state index >= 15 is 0 Å². The summed E-state index contributed by atoms with van der Waals surface area (Å²) in [6.45, 7) is 0. The lowest BCUT2D eigenvalue weighted by molar-refractivity contribution is 0.102. The Balaban J connectivity index is 1.34. The molecule has 0 fully saturated rings. The molecule has 1 aliphatic rings. The third-order valence-corrected chi connectivity index (χ3v) is 7.74. The molecule has 6 nitrogen and oxygen atoms in total. The lowest BCUT2D eigenvalue weighted by Crippen LogP contribution is -2.15. The van der Waals surface area contributed by atoms with E-state index in [1.807, 2.05) is 18.2 Å². The van der Waals surface area contributed by atoms with Crippen molar-refractivity contribution in [3.05, 3.63) is 94.6 Å². The standard InChI is InChI=1S/C24H18FN3O3S2/c25-17-9-11-19(12-10-17)33(30,31)28-18-6-3-5-16(14-18)23(29)27-24-26-22-20-7-2-1-4-15(20)8-13-21(22)32-24/h1-7,9-12,14,28H,8,13H2,(H,26,27,29). The van der Waals surface area contributed by atoms with Crippen LogP contribution in [0.25, 0.3) is 11.3 Å². The van der Waals surface area contributed by atoms with Gasteiger partial charge < -0.3 is 0 Å². The molecule has 166 valence electrons. The minimum absolute atomic E-state index is 0.0765. The molecule has 1 aromatic heterocycles. The summed E-state index contributed by atoms with van der Waals surface area (Å²) in [5.74, 6) is -0.919. The van der Waals surface area contributed by atoms with Crippen LogP contribution in [0, 0.1) is 5.82 Å². The summed E-state index contributed by atoms with van der Waals surface area (Å²) in [5, 5.41) is 3.32. The Hall–Kier alpha value is -3.56. The van der Waals surface area contributed by atoms with Crippen molar-refractivity contribution < 1.29 is 17.6 Å². The molecule has 5 rings (SSSR count). The molecule has 0 saturated carbocycles. The zero-order valence-corrected chi connectivity index (χ0v) is 18.8. The van der Waals surface area contributed by atoms with Gasteiger partial charge in [-0.25, -0.2) is 17.8 Å². The number of nitrogens with zero attached hydrogens (tertiary/aromatic N) is 1. The number of sulfonamides is 1. The van der Waals surface area contributed by atoms with Crippen molar-refractivity contribution in [2.45, 2.75) is 17.7 Å². The number of aryl methyl sites for hydroxylation is 2. The van der Waals surface area contributed by atoms with Gasteiger partial charge >= 0.3 is 0 Å². The predicted octanol–water partition coefficient (Wildman–Crippen LogP) is 5.10. The zero-order valence-electron chi connectivity index (χ0n) is 17.2. The lowest BCUT2D eigenvalue weighted by Gasteiger charge is -2.13. The molecule has 33 heavy (non-hydrogen) atoms. The van der Waals surface area contributed by atoms with Gasteiger partial charge in [0.1, 0.15) is 5.82 Å². The number of fused-ring (bicyclic) bond motifs is 3. The third-order valence-electron chi connectivity index (χ3n) is 5.31. The first kappa shape index (κ1) is 21.3. The van der Waals surface area contributed by atoms with Crippen molar-refractivity contribution >= 4 is 38.1 Å². The molecule has 0 unspecified atom stereocenters. The average molecular weight is 480 g/mol. The lowest BCUT2D eigenvalue weighted by atomic mass is 9.94. The third kappa shape index (κ3) is 4.37. The number of carbonyl (C=O) groups excluding carboxylic acids is 1. The highest BCUT2D eigenvalue weighted by Gasteiger charge is 2.22. The van der Waals surface area contributed by atoms with Crippen LogP contribution in [0.2, 0.25) is 0 Å². The van der Waals surface area contributed by atoms with Crippen LogP contribution >= 0.6 is 11.3 Å². The van der Waals surface area contributed by atoms with Crippen molar-refractivity contribution in [2.24, 2.45) is 0 Å². The molecule has 2 N–H and O–H groups in total. The fourth-order valence-electron chi connectivity index (χ4n) is 3.72. The summed E-state index contributed by atoms with van der Waals surface area (Å²) in [6.07, 6.45) is 1.82. The number of hydrogen-bond donors (Lipinski definition) is 2. The number of aromatic nitrogens is 1. The van der Waals surface area contributed by atoms with E-state index in [0.29, 0.717) is 5.13 Å². The molecular formula is C24H18FN3O3S2. The van der Waals surface area contributed by atoms with Crippen LogP contribution in [0.1, 0.15) is 20.8 Å². The van der Waals surface area contributed by atoms with E-state index in [2.05, 4.69) is 21.1 Å². The number of anilines is 2. The first-order valence-electron chi connectivity index (χ1n) is 10.2. The number of carbonyl (C=O) groups is 1. The maximum absolute atomic E-state index is 13.1. The molecule has 0 bridgehead atoms. The Kier molecular flexibility index (Phi) is 5.43. The van der Waals surface area contributed by atoms with Gasteiger partial charge in [0.2, 0.25) is 0 Å². The summed E-state index contributed by atoms with van der Waals surface area (Å²) in [6, 6.07) is 18.8. The number of thiazole rings is 1. The Morgan fingerprint density at radius 3 is 2.58 bits per heavy atom. The second-order valence-corrected chi connectivity index (χ2v) is 10.3. The van der Waals surface area contributed by atoms with Crippen molar-refractivity contribution in [2.75, 3.05) is 10.0 Å². The number of amides is 1. The maximum Gasteiger partial charge on any atom is 0.261 e. The second kappa shape index (κ2) is 8.42. The van der Waals surface area contributed by atoms with E-state index in [1.54, 1.807) is 12.1 Å². The molecule has 1 amide bonds. The van der Waals surface area contributed by atoms with E-state index in [0.717, 1.165) is 41.1 Å². The van der Waals surface area contributed by atoms with Gasteiger partial charge in [0.25, 0.3) is 15.9 Å². The molecule has 0 saturated heterocycles. The fourth-order valence-corrected chi connectivity index (χ4v) is 5.74. The molecule has 0 aliphatic heterocycles. The largest absolute Gasteiger partial charge is 0.298 e. The molecule has 3 aromatic carbocycles. The van der Waals surface area contributed by atoms with Gasteiger partial charge in [-0.05, 0) is 60.9 Å². The summed E-state index contributed by atoms with van der Waals surface area (Å²) < 4.78 is 40.6. The first-order chi connectivity index (χ1) is 15.9. The van der Waals surface area contributed by atoms with Crippen LogP contribution < -0.4 is 10.0 Å². The van der Waals surface area contributed by atoms with E-state index in [9.17, 15) is 17.6 Å². The number of rotatable bonds is 5. The van der Waals surface area contributed by atoms with Gasteiger partial charge in [0, 0.05) is 21.7 Å². The van der Waals surface area contributed by atoms with Gasteiger partial charge in [-0.2, -0.15) is 0 Å². The average Bonchev–Trinajstić information content (AvgIpc) is 3.22. The molecule has 4 aromatic rings. The van der Waals surface area contributed by atoms with Crippen molar-refractivity contribution in [1.29, 1.82) is 0 Å². The molecule has 0 spiro atoms. The van der Waals surface area contributed by atoms with E-state index < -0.39 is 21.7 Å².